The highest BCUT2D eigenvalue weighted by Gasteiger charge is 2.45. The van der Waals surface area contributed by atoms with Crippen LogP contribution in [0.15, 0.2) is 42.5 Å². The number of rotatable bonds is 6. The molecule has 2 N–H and O–H groups in total. The van der Waals surface area contributed by atoms with E-state index in [1.54, 1.807) is 14.2 Å². The van der Waals surface area contributed by atoms with Gasteiger partial charge in [0, 0.05) is 6.54 Å². The predicted molar refractivity (Wildman–Crippen MR) is 96.6 cm³/mol. The number of benzene rings is 2. The molecular weight excluding hydrogens is 316 g/mol. The van der Waals surface area contributed by atoms with Crippen LogP contribution in [0.25, 0.3) is 0 Å². The normalized spacial score (nSPS) is 19.5. The van der Waals surface area contributed by atoms with Crippen molar-refractivity contribution in [1.29, 1.82) is 0 Å². The average molecular weight is 340 g/mol. The molecule has 5 heteroatoms. The molecule has 1 saturated heterocycles. The minimum atomic E-state index is -0.479. The molecule has 2 aromatic carbocycles. The molecule has 0 aromatic heterocycles. The van der Waals surface area contributed by atoms with Crippen molar-refractivity contribution in [2.75, 3.05) is 14.2 Å². The Morgan fingerprint density at radius 3 is 2.24 bits per heavy atom. The van der Waals surface area contributed by atoms with Gasteiger partial charge in [-0.1, -0.05) is 37.3 Å². The smallest absolute Gasteiger partial charge is 0.242 e. The zero-order valence-corrected chi connectivity index (χ0v) is 14.9. The number of likely N-dealkylation sites (tertiary alicyclic amines) is 1. The van der Waals surface area contributed by atoms with Crippen LogP contribution in [0, 0.1) is 0 Å². The number of β-lactam (4-membered cyclic amide) rings is 1. The minimum Gasteiger partial charge on any atom is -0.493 e. The molecule has 1 heterocycles. The van der Waals surface area contributed by atoms with E-state index in [9.17, 15) is 4.79 Å². The van der Waals surface area contributed by atoms with Crippen molar-refractivity contribution in [1.82, 2.24) is 4.90 Å². The van der Waals surface area contributed by atoms with E-state index in [0.29, 0.717) is 18.0 Å². The van der Waals surface area contributed by atoms with E-state index in [2.05, 4.69) is 31.2 Å². The van der Waals surface area contributed by atoms with Crippen molar-refractivity contribution in [3.8, 4) is 11.5 Å². The zero-order valence-electron chi connectivity index (χ0n) is 14.9. The molecule has 0 unspecified atom stereocenters. The summed E-state index contributed by atoms with van der Waals surface area (Å²) in [5.41, 5.74) is 9.40. The molecule has 2 aromatic rings. The maximum atomic E-state index is 12.3. The lowest BCUT2D eigenvalue weighted by atomic mass is 9.88. The maximum absolute atomic E-state index is 12.3. The number of nitrogens with two attached hydrogens (primary N) is 1. The van der Waals surface area contributed by atoms with E-state index in [0.717, 1.165) is 17.5 Å². The Kier molecular flexibility index (Phi) is 4.95. The Balaban J connectivity index is 1.81. The van der Waals surface area contributed by atoms with E-state index in [-0.39, 0.29) is 11.9 Å². The van der Waals surface area contributed by atoms with Crippen molar-refractivity contribution in [2.24, 2.45) is 5.73 Å². The zero-order chi connectivity index (χ0) is 18.0. The first-order valence-electron chi connectivity index (χ1n) is 8.44. The fraction of sp³-hybridized carbons (Fsp3) is 0.350. The largest absolute Gasteiger partial charge is 0.493 e. The van der Waals surface area contributed by atoms with E-state index in [1.165, 1.54) is 5.56 Å². The van der Waals surface area contributed by atoms with Crippen LogP contribution < -0.4 is 15.2 Å². The molecule has 5 nitrogen and oxygen atoms in total. The summed E-state index contributed by atoms with van der Waals surface area (Å²) in [7, 11) is 3.20. The standard InChI is InChI=1S/C20H24N2O3/c1-4-13-5-8-15(9-6-13)19-18(21)20(23)22(19)12-14-7-10-16(24-2)17(11-14)25-3/h5-11,18-19H,4,12,21H2,1-3H3/t18-,19-/m0/s1. The van der Waals surface area contributed by atoms with Crippen LogP contribution >= 0.6 is 0 Å². The third-order valence-corrected chi connectivity index (χ3v) is 4.77. The number of ether oxygens (including phenoxy) is 2. The summed E-state index contributed by atoms with van der Waals surface area (Å²) in [5.74, 6) is 1.30. The van der Waals surface area contributed by atoms with E-state index >= 15 is 0 Å². The third-order valence-electron chi connectivity index (χ3n) is 4.77. The molecule has 3 rings (SSSR count). The van der Waals surface area contributed by atoms with E-state index in [4.69, 9.17) is 15.2 Å². The number of carbonyl (C=O) groups excluding carboxylic acids is 1. The summed E-state index contributed by atoms with van der Waals surface area (Å²) in [6.45, 7) is 2.62. The number of hydrogen-bond donors (Lipinski definition) is 1. The fourth-order valence-electron chi connectivity index (χ4n) is 3.27. The van der Waals surface area contributed by atoms with Gasteiger partial charge in [-0.05, 0) is 35.2 Å². The van der Waals surface area contributed by atoms with E-state index in [1.807, 2.05) is 23.1 Å². The SMILES string of the molecule is CCc1ccc([C@H]2[C@H](N)C(=O)N2Cc2ccc(OC)c(OC)c2)cc1. The first-order valence-corrected chi connectivity index (χ1v) is 8.44. The van der Waals surface area contributed by atoms with Crippen LogP contribution in [0.1, 0.15) is 29.7 Å². The Hall–Kier alpha value is -2.53. The second-order valence-electron chi connectivity index (χ2n) is 6.22. The second kappa shape index (κ2) is 7.15. The number of hydrogen-bond acceptors (Lipinski definition) is 4. The Morgan fingerprint density at radius 1 is 1.00 bits per heavy atom. The van der Waals surface area contributed by atoms with Gasteiger partial charge in [-0.15, -0.1) is 0 Å². The van der Waals surface area contributed by atoms with Crippen LogP contribution in [0.3, 0.4) is 0 Å². The molecular formula is C20H24N2O3. The Morgan fingerprint density at radius 2 is 1.64 bits per heavy atom. The molecule has 1 aliphatic rings. The van der Waals surface area contributed by atoms with Gasteiger partial charge in [-0.2, -0.15) is 0 Å². The highest BCUT2D eigenvalue weighted by molar-refractivity contribution is 5.89. The molecule has 0 aliphatic carbocycles. The number of amides is 1. The molecule has 25 heavy (non-hydrogen) atoms. The van der Waals surface area contributed by atoms with E-state index < -0.39 is 6.04 Å². The van der Waals surface area contributed by atoms with Crippen molar-refractivity contribution < 1.29 is 14.3 Å². The monoisotopic (exact) mass is 340 g/mol. The third kappa shape index (κ3) is 3.20. The molecule has 1 amide bonds. The lowest BCUT2D eigenvalue weighted by molar-refractivity contribution is -0.150. The highest BCUT2D eigenvalue weighted by Crippen LogP contribution is 2.36. The molecule has 0 saturated carbocycles. The fourth-order valence-corrected chi connectivity index (χ4v) is 3.27. The van der Waals surface area contributed by atoms with Gasteiger partial charge in [-0.25, -0.2) is 0 Å². The Labute approximate surface area is 148 Å². The number of methoxy groups -OCH3 is 2. The predicted octanol–water partition coefficient (Wildman–Crippen LogP) is 2.68. The van der Waals surface area contributed by atoms with Gasteiger partial charge in [0.05, 0.1) is 20.3 Å². The van der Waals surface area contributed by atoms with Crippen LogP contribution in [-0.4, -0.2) is 31.1 Å². The summed E-state index contributed by atoms with van der Waals surface area (Å²) >= 11 is 0. The van der Waals surface area contributed by atoms with Gasteiger partial charge in [-0.3, -0.25) is 4.79 Å². The van der Waals surface area contributed by atoms with Crippen molar-refractivity contribution >= 4 is 5.91 Å². The summed E-state index contributed by atoms with van der Waals surface area (Å²) in [6.07, 6.45) is 0.991. The summed E-state index contributed by atoms with van der Waals surface area (Å²) < 4.78 is 10.6. The van der Waals surface area contributed by atoms with Crippen LogP contribution in [0.4, 0.5) is 0 Å². The minimum absolute atomic E-state index is 0.0284. The van der Waals surface area contributed by atoms with Crippen LogP contribution in [0.2, 0.25) is 0 Å². The summed E-state index contributed by atoms with van der Waals surface area (Å²) in [5, 5.41) is 0. The lowest BCUT2D eigenvalue weighted by Crippen LogP contribution is -2.62. The molecule has 132 valence electrons. The molecule has 0 radical (unpaired) electrons. The van der Waals surface area contributed by atoms with Gasteiger partial charge in [0.2, 0.25) is 5.91 Å². The lowest BCUT2D eigenvalue weighted by Gasteiger charge is -2.46. The molecule has 0 bridgehead atoms. The molecule has 2 atom stereocenters. The van der Waals surface area contributed by atoms with Crippen LogP contribution in [-0.2, 0) is 17.8 Å². The summed E-state index contributed by atoms with van der Waals surface area (Å²) in [6, 6.07) is 13.4. The highest BCUT2D eigenvalue weighted by atomic mass is 16.5. The first-order chi connectivity index (χ1) is 12.1. The van der Waals surface area contributed by atoms with Gasteiger partial charge in [0.15, 0.2) is 11.5 Å². The second-order valence-corrected chi connectivity index (χ2v) is 6.22. The molecule has 1 aliphatic heterocycles. The number of nitrogens with zero attached hydrogens (tertiary/aromatic N) is 1. The summed E-state index contributed by atoms with van der Waals surface area (Å²) in [4.78, 5) is 14.1. The Bertz CT molecular complexity index is 758. The van der Waals surface area contributed by atoms with Gasteiger partial charge < -0.3 is 20.1 Å². The topological polar surface area (TPSA) is 64.8 Å². The molecule has 0 spiro atoms. The van der Waals surface area contributed by atoms with Crippen molar-refractivity contribution in [3.63, 3.8) is 0 Å². The van der Waals surface area contributed by atoms with Crippen LogP contribution in [0.5, 0.6) is 11.5 Å². The van der Waals surface area contributed by atoms with Crippen molar-refractivity contribution in [2.45, 2.75) is 32.0 Å². The number of carbonyl (C=O) groups is 1. The van der Waals surface area contributed by atoms with Gasteiger partial charge in [0.1, 0.15) is 6.04 Å². The van der Waals surface area contributed by atoms with Gasteiger partial charge in [0.25, 0.3) is 0 Å². The maximum Gasteiger partial charge on any atom is 0.242 e. The number of aryl methyl sites for hydroxylation is 1. The first kappa shape index (κ1) is 17.3. The average Bonchev–Trinajstić information content (AvgIpc) is 2.67. The molecule has 1 fully saturated rings. The van der Waals surface area contributed by atoms with Crippen molar-refractivity contribution in [3.05, 3.63) is 59.2 Å². The quantitative estimate of drug-likeness (QED) is 0.821. The van der Waals surface area contributed by atoms with Gasteiger partial charge >= 0.3 is 0 Å².